The zero-order chi connectivity index (χ0) is 13.1. The predicted octanol–water partition coefficient (Wildman–Crippen LogP) is 2.58. The van der Waals surface area contributed by atoms with Gasteiger partial charge in [0.1, 0.15) is 0 Å². The van der Waals surface area contributed by atoms with Crippen LogP contribution in [-0.4, -0.2) is 17.0 Å². The molecule has 96 valence electrons. The molecule has 6 heteroatoms. The van der Waals surface area contributed by atoms with Crippen LogP contribution in [0.1, 0.15) is 24.8 Å². The molecule has 0 saturated heterocycles. The number of carbonyl (C=O) groups is 1. The Morgan fingerprint density at radius 3 is 2.67 bits per heavy atom. The summed E-state index contributed by atoms with van der Waals surface area (Å²) in [5, 5.41) is 16.2. The Hall–Kier alpha value is -2.11. The number of amides is 2. The van der Waals surface area contributed by atoms with Crippen LogP contribution >= 0.6 is 0 Å². The number of nitrogens with zero attached hydrogens (tertiary/aromatic N) is 1. The number of rotatable bonds is 3. The topological polar surface area (TPSA) is 84.3 Å². The van der Waals surface area contributed by atoms with Crippen molar-refractivity contribution < 1.29 is 9.72 Å². The van der Waals surface area contributed by atoms with Gasteiger partial charge in [-0.2, -0.15) is 0 Å². The van der Waals surface area contributed by atoms with Crippen LogP contribution in [0.3, 0.4) is 0 Å². The molecule has 1 aliphatic rings. The highest BCUT2D eigenvalue weighted by atomic mass is 16.6. The summed E-state index contributed by atoms with van der Waals surface area (Å²) >= 11 is 0. The van der Waals surface area contributed by atoms with Crippen LogP contribution in [0.15, 0.2) is 18.2 Å². The number of hydrogen-bond donors (Lipinski definition) is 2. The van der Waals surface area contributed by atoms with Crippen LogP contribution in [0, 0.1) is 17.0 Å². The third kappa shape index (κ3) is 2.77. The number of hydrogen-bond acceptors (Lipinski definition) is 3. The lowest BCUT2D eigenvalue weighted by Gasteiger charge is -2.26. The van der Waals surface area contributed by atoms with Crippen molar-refractivity contribution in [3.8, 4) is 0 Å². The lowest BCUT2D eigenvalue weighted by atomic mass is 9.93. The number of carbonyl (C=O) groups excluding carboxylic acids is 1. The molecule has 1 aromatic rings. The average Bonchev–Trinajstić information content (AvgIpc) is 2.23. The molecule has 0 spiro atoms. The van der Waals surface area contributed by atoms with Crippen molar-refractivity contribution in [3.63, 3.8) is 0 Å². The third-order valence-electron chi connectivity index (χ3n) is 3.09. The molecule has 0 atom stereocenters. The molecule has 0 bridgehead atoms. The lowest BCUT2D eigenvalue weighted by molar-refractivity contribution is -0.385. The summed E-state index contributed by atoms with van der Waals surface area (Å²) in [4.78, 5) is 21.8. The van der Waals surface area contributed by atoms with Crippen LogP contribution in [-0.2, 0) is 0 Å². The minimum atomic E-state index is -0.437. The Bertz CT molecular complexity index is 483. The number of urea groups is 1. The summed E-state index contributed by atoms with van der Waals surface area (Å²) in [5.41, 5.74) is 1.15. The number of aryl methyl sites for hydroxylation is 1. The molecule has 1 aliphatic carbocycles. The van der Waals surface area contributed by atoms with Gasteiger partial charge in [0, 0.05) is 23.4 Å². The van der Waals surface area contributed by atoms with Gasteiger partial charge in [0.05, 0.1) is 4.92 Å². The van der Waals surface area contributed by atoms with E-state index in [0.29, 0.717) is 11.3 Å². The monoisotopic (exact) mass is 249 g/mol. The Labute approximate surface area is 105 Å². The van der Waals surface area contributed by atoms with Crippen molar-refractivity contribution in [2.75, 3.05) is 5.32 Å². The molecular formula is C12H15N3O3. The largest absolute Gasteiger partial charge is 0.335 e. The quantitative estimate of drug-likeness (QED) is 0.637. The molecule has 1 fully saturated rings. The standard InChI is InChI=1S/C12H15N3O3/c1-8-7-10(5-6-11(8)15(17)18)14-12(16)13-9-3-2-4-9/h5-7,9H,2-4H2,1H3,(H2,13,14,16). The van der Waals surface area contributed by atoms with Gasteiger partial charge in [0.25, 0.3) is 5.69 Å². The maximum atomic E-state index is 11.6. The minimum absolute atomic E-state index is 0.0555. The van der Waals surface area contributed by atoms with Crippen molar-refractivity contribution in [3.05, 3.63) is 33.9 Å². The molecule has 0 aliphatic heterocycles. The second-order valence-electron chi connectivity index (χ2n) is 4.48. The van der Waals surface area contributed by atoms with Crippen LogP contribution in [0.4, 0.5) is 16.2 Å². The number of nitro groups is 1. The second-order valence-corrected chi connectivity index (χ2v) is 4.48. The normalized spacial score (nSPS) is 14.7. The van der Waals surface area contributed by atoms with E-state index in [1.165, 1.54) is 12.1 Å². The first kappa shape index (κ1) is 12.3. The summed E-state index contributed by atoms with van der Waals surface area (Å²) in [6, 6.07) is 4.54. The van der Waals surface area contributed by atoms with Crippen LogP contribution in [0.2, 0.25) is 0 Å². The zero-order valence-corrected chi connectivity index (χ0v) is 10.1. The van der Waals surface area contributed by atoms with E-state index in [1.54, 1.807) is 13.0 Å². The second kappa shape index (κ2) is 5.03. The minimum Gasteiger partial charge on any atom is -0.335 e. The number of nitrogens with one attached hydrogen (secondary N) is 2. The summed E-state index contributed by atoms with van der Waals surface area (Å²) < 4.78 is 0. The molecule has 6 nitrogen and oxygen atoms in total. The first-order valence-electron chi connectivity index (χ1n) is 5.89. The molecule has 2 N–H and O–H groups in total. The molecular weight excluding hydrogens is 234 g/mol. The maximum absolute atomic E-state index is 11.6. The van der Waals surface area contributed by atoms with Gasteiger partial charge in [0.2, 0.25) is 0 Å². The third-order valence-corrected chi connectivity index (χ3v) is 3.09. The molecule has 0 aromatic heterocycles. The average molecular weight is 249 g/mol. The molecule has 2 amide bonds. The van der Waals surface area contributed by atoms with Crippen LogP contribution in [0.5, 0.6) is 0 Å². The lowest BCUT2D eigenvalue weighted by Crippen LogP contribution is -2.41. The van der Waals surface area contributed by atoms with E-state index < -0.39 is 4.92 Å². The fraction of sp³-hybridized carbons (Fsp3) is 0.417. The SMILES string of the molecule is Cc1cc(NC(=O)NC2CCC2)ccc1[N+](=O)[O-]. The first-order valence-corrected chi connectivity index (χ1v) is 5.89. The van der Waals surface area contributed by atoms with Gasteiger partial charge in [0.15, 0.2) is 0 Å². The van der Waals surface area contributed by atoms with E-state index in [9.17, 15) is 14.9 Å². The van der Waals surface area contributed by atoms with Gasteiger partial charge in [-0.05, 0) is 38.3 Å². The molecule has 1 aromatic carbocycles. The van der Waals surface area contributed by atoms with Gasteiger partial charge < -0.3 is 10.6 Å². The summed E-state index contributed by atoms with van der Waals surface area (Å²) in [6.07, 6.45) is 3.20. The van der Waals surface area contributed by atoms with E-state index in [4.69, 9.17) is 0 Å². The molecule has 18 heavy (non-hydrogen) atoms. The maximum Gasteiger partial charge on any atom is 0.319 e. The van der Waals surface area contributed by atoms with Crippen molar-refractivity contribution in [1.82, 2.24) is 5.32 Å². The van der Waals surface area contributed by atoms with E-state index in [0.717, 1.165) is 19.3 Å². The van der Waals surface area contributed by atoms with Gasteiger partial charge in [-0.25, -0.2) is 4.79 Å². The first-order chi connectivity index (χ1) is 8.56. The Balaban J connectivity index is 1.98. The summed E-state index contributed by atoms with van der Waals surface area (Å²) in [7, 11) is 0. The fourth-order valence-corrected chi connectivity index (χ4v) is 1.84. The van der Waals surface area contributed by atoms with Crippen molar-refractivity contribution in [2.24, 2.45) is 0 Å². The predicted molar refractivity (Wildman–Crippen MR) is 67.6 cm³/mol. The van der Waals surface area contributed by atoms with Gasteiger partial charge in [-0.3, -0.25) is 10.1 Å². The van der Waals surface area contributed by atoms with Crippen LogP contribution < -0.4 is 10.6 Å². The van der Waals surface area contributed by atoms with Gasteiger partial charge in [-0.15, -0.1) is 0 Å². The molecule has 0 heterocycles. The molecule has 2 rings (SSSR count). The molecule has 0 unspecified atom stereocenters. The summed E-state index contributed by atoms with van der Waals surface area (Å²) in [5.74, 6) is 0. The van der Waals surface area contributed by atoms with Crippen molar-refractivity contribution in [1.29, 1.82) is 0 Å². The van der Waals surface area contributed by atoms with Gasteiger partial charge >= 0.3 is 6.03 Å². The highest BCUT2D eigenvalue weighted by molar-refractivity contribution is 5.89. The summed E-state index contributed by atoms with van der Waals surface area (Å²) in [6.45, 7) is 1.65. The van der Waals surface area contributed by atoms with E-state index >= 15 is 0 Å². The van der Waals surface area contributed by atoms with Crippen molar-refractivity contribution >= 4 is 17.4 Å². The van der Waals surface area contributed by atoms with E-state index in [2.05, 4.69) is 10.6 Å². The Morgan fingerprint density at radius 2 is 2.17 bits per heavy atom. The smallest absolute Gasteiger partial charge is 0.319 e. The van der Waals surface area contributed by atoms with Gasteiger partial charge in [-0.1, -0.05) is 0 Å². The Morgan fingerprint density at radius 1 is 1.44 bits per heavy atom. The highest BCUT2D eigenvalue weighted by Crippen LogP contribution is 2.22. The van der Waals surface area contributed by atoms with Crippen LogP contribution in [0.25, 0.3) is 0 Å². The Kier molecular flexibility index (Phi) is 3.45. The molecule has 0 radical (unpaired) electrons. The fourth-order valence-electron chi connectivity index (χ4n) is 1.84. The zero-order valence-electron chi connectivity index (χ0n) is 10.1. The number of anilines is 1. The number of nitro benzene ring substituents is 1. The highest BCUT2D eigenvalue weighted by Gasteiger charge is 2.19. The van der Waals surface area contributed by atoms with E-state index in [1.807, 2.05) is 0 Å². The number of benzene rings is 1. The molecule has 1 saturated carbocycles. The van der Waals surface area contributed by atoms with E-state index in [-0.39, 0.29) is 17.8 Å². The van der Waals surface area contributed by atoms with Crippen molar-refractivity contribution in [2.45, 2.75) is 32.2 Å².